The summed E-state index contributed by atoms with van der Waals surface area (Å²) in [4.78, 5) is 10.9. The highest BCUT2D eigenvalue weighted by Crippen LogP contribution is 2.24. The number of esters is 1. The first kappa shape index (κ1) is 13.2. The fraction of sp³-hybridized carbons (Fsp3) is 0.750. The van der Waals surface area contributed by atoms with Crippen molar-refractivity contribution in [2.75, 3.05) is 13.2 Å². The zero-order chi connectivity index (χ0) is 12.2. The highest BCUT2D eigenvalue weighted by atomic mass is 16.7. The standard InChI is InChI=1S/C12H20O4/c1-5-10(13)16-9(2)6-11-14-7-12(3,4)8-15-11/h5,9,11H,1,6-8H2,2-4H3. The second kappa shape index (κ2) is 5.46. The lowest BCUT2D eigenvalue weighted by atomic mass is 9.95. The Balaban J connectivity index is 2.28. The van der Waals surface area contributed by atoms with E-state index in [1.807, 2.05) is 6.92 Å². The summed E-state index contributed by atoms with van der Waals surface area (Å²) in [5, 5.41) is 0. The van der Waals surface area contributed by atoms with Gasteiger partial charge in [-0.15, -0.1) is 0 Å². The topological polar surface area (TPSA) is 44.8 Å². The molecule has 1 fully saturated rings. The van der Waals surface area contributed by atoms with Crippen LogP contribution in [-0.4, -0.2) is 31.6 Å². The van der Waals surface area contributed by atoms with Gasteiger partial charge in [-0.1, -0.05) is 20.4 Å². The Labute approximate surface area is 96.6 Å². The quantitative estimate of drug-likeness (QED) is 0.544. The molecule has 16 heavy (non-hydrogen) atoms. The minimum Gasteiger partial charge on any atom is -0.459 e. The molecule has 1 heterocycles. The number of carbonyl (C=O) groups excluding carboxylic acids is 1. The van der Waals surface area contributed by atoms with E-state index in [9.17, 15) is 4.79 Å². The largest absolute Gasteiger partial charge is 0.459 e. The molecule has 0 bridgehead atoms. The Hall–Kier alpha value is -0.870. The lowest BCUT2D eigenvalue weighted by Gasteiger charge is -2.35. The highest BCUT2D eigenvalue weighted by Gasteiger charge is 2.29. The summed E-state index contributed by atoms with van der Waals surface area (Å²) in [6.45, 7) is 10.7. The zero-order valence-electron chi connectivity index (χ0n) is 10.2. The van der Waals surface area contributed by atoms with Crippen molar-refractivity contribution in [3.05, 3.63) is 12.7 Å². The highest BCUT2D eigenvalue weighted by molar-refractivity contribution is 5.81. The van der Waals surface area contributed by atoms with Crippen molar-refractivity contribution in [1.29, 1.82) is 0 Å². The fourth-order valence-corrected chi connectivity index (χ4v) is 1.43. The molecule has 4 heteroatoms. The second-order valence-corrected chi connectivity index (χ2v) is 4.90. The van der Waals surface area contributed by atoms with Crippen LogP contribution in [0.15, 0.2) is 12.7 Å². The monoisotopic (exact) mass is 228 g/mol. The Morgan fingerprint density at radius 2 is 2.12 bits per heavy atom. The van der Waals surface area contributed by atoms with Gasteiger partial charge >= 0.3 is 5.97 Å². The molecule has 1 unspecified atom stereocenters. The van der Waals surface area contributed by atoms with Crippen molar-refractivity contribution in [3.63, 3.8) is 0 Å². The molecule has 0 aromatic heterocycles. The first-order valence-electron chi connectivity index (χ1n) is 5.49. The van der Waals surface area contributed by atoms with E-state index in [-0.39, 0.29) is 17.8 Å². The van der Waals surface area contributed by atoms with Gasteiger partial charge in [0.15, 0.2) is 6.29 Å². The van der Waals surface area contributed by atoms with Gasteiger partial charge in [0.05, 0.1) is 13.2 Å². The maximum absolute atomic E-state index is 10.9. The van der Waals surface area contributed by atoms with E-state index < -0.39 is 5.97 Å². The summed E-state index contributed by atoms with van der Waals surface area (Å²) in [5.41, 5.74) is 0.0670. The predicted molar refractivity (Wildman–Crippen MR) is 59.8 cm³/mol. The predicted octanol–water partition coefficient (Wildman–Crippen LogP) is 1.89. The summed E-state index contributed by atoms with van der Waals surface area (Å²) in [6, 6.07) is 0. The van der Waals surface area contributed by atoms with Crippen LogP contribution < -0.4 is 0 Å². The van der Waals surface area contributed by atoms with E-state index in [0.29, 0.717) is 19.6 Å². The van der Waals surface area contributed by atoms with Gasteiger partial charge in [0.1, 0.15) is 6.10 Å². The average molecular weight is 228 g/mol. The Morgan fingerprint density at radius 3 is 2.62 bits per heavy atom. The third-order valence-electron chi connectivity index (χ3n) is 2.33. The summed E-state index contributed by atoms with van der Waals surface area (Å²) in [5.74, 6) is -0.413. The lowest BCUT2D eigenvalue weighted by molar-refractivity contribution is -0.231. The second-order valence-electron chi connectivity index (χ2n) is 4.90. The van der Waals surface area contributed by atoms with E-state index in [2.05, 4.69) is 20.4 Å². The number of ether oxygens (including phenoxy) is 3. The smallest absolute Gasteiger partial charge is 0.330 e. The van der Waals surface area contributed by atoms with Crippen LogP contribution in [0.4, 0.5) is 0 Å². The summed E-state index contributed by atoms with van der Waals surface area (Å²) >= 11 is 0. The van der Waals surface area contributed by atoms with Crippen molar-refractivity contribution in [1.82, 2.24) is 0 Å². The lowest BCUT2D eigenvalue weighted by Crippen LogP contribution is -2.39. The maximum atomic E-state index is 10.9. The van der Waals surface area contributed by atoms with Crippen molar-refractivity contribution < 1.29 is 19.0 Å². The molecular weight excluding hydrogens is 208 g/mol. The fourth-order valence-electron chi connectivity index (χ4n) is 1.43. The molecule has 0 aromatic rings. The molecule has 1 aliphatic heterocycles. The van der Waals surface area contributed by atoms with Gasteiger partial charge < -0.3 is 14.2 Å². The van der Waals surface area contributed by atoms with Crippen molar-refractivity contribution in [2.24, 2.45) is 5.41 Å². The van der Waals surface area contributed by atoms with E-state index in [1.54, 1.807) is 0 Å². The first-order chi connectivity index (χ1) is 7.43. The minimum atomic E-state index is -0.413. The van der Waals surface area contributed by atoms with Gasteiger partial charge in [-0.2, -0.15) is 0 Å². The van der Waals surface area contributed by atoms with Crippen LogP contribution in [0.2, 0.25) is 0 Å². The van der Waals surface area contributed by atoms with E-state index in [4.69, 9.17) is 14.2 Å². The van der Waals surface area contributed by atoms with Gasteiger partial charge in [0.25, 0.3) is 0 Å². The summed E-state index contributed by atoms with van der Waals surface area (Å²) in [7, 11) is 0. The maximum Gasteiger partial charge on any atom is 0.330 e. The third kappa shape index (κ3) is 4.33. The Bertz CT molecular complexity index is 250. The van der Waals surface area contributed by atoms with Crippen LogP contribution in [0, 0.1) is 5.41 Å². The van der Waals surface area contributed by atoms with Gasteiger partial charge in [0, 0.05) is 17.9 Å². The van der Waals surface area contributed by atoms with Crippen molar-refractivity contribution in [2.45, 2.75) is 39.6 Å². The normalized spacial score (nSPS) is 22.4. The molecule has 0 radical (unpaired) electrons. The molecule has 1 atom stereocenters. The Kier molecular flexibility index (Phi) is 4.50. The van der Waals surface area contributed by atoms with Crippen LogP contribution in [-0.2, 0) is 19.0 Å². The number of carbonyl (C=O) groups is 1. The molecule has 92 valence electrons. The zero-order valence-corrected chi connectivity index (χ0v) is 10.2. The third-order valence-corrected chi connectivity index (χ3v) is 2.33. The average Bonchev–Trinajstić information content (AvgIpc) is 2.21. The van der Waals surface area contributed by atoms with Crippen LogP contribution in [0.25, 0.3) is 0 Å². The molecule has 0 spiro atoms. The molecule has 4 nitrogen and oxygen atoms in total. The number of hydrogen-bond acceptors (Lipinski definition) is 4. The molecular formula is C12H20O4. The van der Waals surface area contributed by atoms with E-state index in [0.717, 1.165) is 6.08 Å². The van der Waals surface area contributed by atoms with Crippen LogP contribution >= 0.6 is 0 Å². The van der Waals surface area contributed by atoms with Crippen LogP contribution in [0.3, 0.4) is 0 Å². The number of rotatable bonds is 4. The molecule has 0 N–H and O–H groups in total. The van der Waals surface area contributed by atoms with Gasteiger partial charge in [0.2, 0.25) is 0 Å². The van der Waals surface area contributed by atoms with E-state index in [1.165, 1.54) is 0 Å². The summed E-state index contributed by atoms with van der Waals surface area (Å²) < 4.78 is 16.1. The van der Waals surface area contributed by atoms with E-state index >= 15 is 0 Å². The van der Waals surface area contributed by atoms with Crippen LogP contribution in [0.1, 0.15) is 27.2 Å². The molecule has 1 saturated heterocycles. The molecule has 0 amide bonds. The molecule has 1 rings (SSSR count). The number of hydrogen-bond donors (Lipinski definition) is 0. The molecule has 0 aliphatic carbocycles. The Morgan fingerprint density at radius 1 is 1.56 bits per heavy atom. The van der Waals surface area contributed by atoms with Gasteiger partial charge in [-0.25, -0.2) is 4.79 Å². The molecule has 0 aromatic carbocycles. The summed E-state index contributed by atoms with van der Waals surface area (Å²) in [6.07, 6.45) is 1.20. The van der Waals surface area contributed by atoms with Gasteiger partial charge in [-0.05, 0) is 6.92 Å². The van der Waals surface area contributed by atoms with Crippen LogP contribution in [0.5, 0.6) is 0 Å². The first-order valence-corrected chi connectivity index (χ1v) is 5.49. The van der Waals surface area contributed by atoms with Gasteiger partial charge in [-0.3, -0.25) is 0 Å². The molecule has 0 saturated carbocycles. The van der Waals surface area contributed by atoms with Crippen molar-refractivity contribution in [3.8, 4) is 0 Å². The van der Waals surface area contributed by atoms with Crippen molar-refractivity contribution >= 4 is 5.97 Å². The molecule has 1 aliphatic rings. The minimum absolute atomic E-state index is 0.0670. The SMILES string of the molecule is C=CC(=O)OC(C)CC1OCC(C)(C)CO1.